The lowest BCUT2D eigenvalue weighted by molar-refractivity contribution is -0.130. The van der Waals surface area contributed by atoms with Gasteiger partial charge in [-0.3, -0.25) is 9.59 Å². The van der Waals surface area contributed by atoms with E-state index < -0.39 is 0 Å². The zero-order chi connectivity index (χ0) is 28.7. The summed E-state index contributed by atoms with van der Waals surface area (Å²) in [5.41, 5.74) is 2.66. The molecule has 1 N–H and O–H groups in total. The Balaban J connectivity index is 1.15. The molecule has 3 aromatic carbocycles. The van der Waals surface area contributed by atoms with Crippen molar-refractivity contribution in [1.29, 1.82) is 0 Å². The van der Waals surface area contributed by atoms with Crippen molar-refractivity contribution in [3.05, 3.63) is 90.0 Å². The molecular weight excluding hydrogens is 522 g/mol. The van der Waals surface area contributed by atoms with Gasteiger partial charge < -0.3 is 34.1 Å². The lowest BCUT2D eigenvalue weighted by Crippen LogP contribution is -2.51. The second kappa shape index (κ2) is 16.2. The van der Waals surface area contributed by atoms with Crippen molar-refractivity contribution in [1.82, 2.24) is 10.2 Å². The molecule has 41 heavy (non-hydrogen) atoms. The predicted octanol–water partition coefficient (Wildman–Crippen LogP) is 3.78. The Hall–Kier alpha value is -4.08. The fourth-order valence-electron chi connectivity index (χ4n) is 4.39. The second-order valence-electron chi connectivity index (χ2n) is 9.50. The summed E-state index contributed by atoms with van der Waals surface area (Å²) in [4.78, 5) is 29.5. The van der Waals surface area contributed by atoms with Crippen molar-refractivity contribution in [2.45, 2.75) is 13.5 Å². The third kappa shape index (κ3) is 9.81. The highest BCUT2D eigenvalue weighted by Gasteiger charge is 2.22. The van der Waals surface area contributed by atoms with Crippen molar-refractivity contribution >= 4 is 17.5 Å². The number of anilines is 1. The first-order chi connectivity index (χ1) is 20.1. The van der Waals surface area contributed by atoms with Gasteiger partial charge in [-0.25, -0.2) is 0 Å². The molecule has 2 amide bonds. The van der Waals surface area contributed by atoms with Crippen LogP contribution in [0.15, 0.2) is 78.9 Å². The van der Waals surface area contributed by atoms with Crippen LogP contribution in [0.5, 0.6) is 11.5 Å². The first kappa shape index (κ1) is 29.9. The number of amides is 2. The van der Waals surface area contributed by atoms with Crippen molar-refractivity contribution in [2.75, 3.05) is 70.7 Å². The van der Waals surface area contributed by atoms with Gasteiger partial charge in [0.1, 0.15) is 24.7 Å². The maximum atomic E-state index is 12.8. The smallest absolute Gasteiger partial charge is 0.251 e. The number of hydrogen-bond donors (Lipinski definition) is 1. The summed E-state index contributed by atoms with van der Waals surface area (Å²) < 4.78 is 22.2. The summed E-state index contributed by atoms with van der Waals surface area (Å²) in [5, 5.41) is 2.74. The summed E-state index contributed by atoms with van der Waals surface area (Å²) in [5.74, 6) is 0.982. The van der Waals surface area contributed by atoms with Crippen molar-refractivity contribution in [2.24, 2.45) is 0 Å². The average Bonchev–Trinajstić information content (AvgIpc) is 3.03. The predicted molar refractivity (Wildman–Crippen MR) is 158 cm³/mol. The molecule has 1 aliphatic rings. The molecule has 1 heterocycles. The molecular formula is C32H39N3O6. The van der Waals surface area contributed by atoms with Gasteiger partial charge >= 0.3 is 0 Å². The van der Waals surface area contributed by atoms with Crippen LogP contribution in [-0.4, -0.2) is 82.5 Å². The van der Waals surface area contributed by atoms with Gasteiger partial charge in [0.15, 0.2) is 0 Å². The van der Waals surface area contributed by atoms with E-state index in [2.05, 4.69) is 10.2 Å². The van der Waals surface area contributed by atoms with E-state index in [1.54, 1.807) is 29.2 Å². The molecule has 0 bridgehead atoms. The van der Waals surface area contributed by atoms with Crippen LogP contribution in [0.1, 0.15) is 22.8 Å². The summed E-state index contributed by atoms with van der Waals surface area (Å²) in [6.45, 7) is 7.58. The highest BCUT2D eigenvalue weighted by Crippen LogP contribution is 2.22. The SMILES string of the molecule is CCOCCOCCOc1cccc(C(=O)NCC(=O)N2CCN(c3ccc(OCc4ccccc4)cc3)CC2)c1. The van der Waals surface area contributed by atoms with E-state index in [1.807, 2.05) is 61.5 Å². The molecule has 9 nitrogen and oxygen atoms in total. The first-order valence-corrected chi connectivity index (χ1v) is 14.1. The van der Waals surface area contributed by atoms with E-state index in [1.165, 1.54) is 0 Å². The number of hydrogen-bond acceptors (Lipinski definition) is 7. The van der Waals surface area contributed by atoms with Gasteiger partial charge in [-0.15, -0.1) is 0 Å². The molecule has 4 rings (SSSR count). The molecule has 0 aliphatic carbocycles. The third-order valence-corrected chi connectivity index (χ3v) is 6.65. The number of benzene rings is 3. The average molecular weight is 562 g/mol. The number of nitrogens with zero attached hydrogens (tertiary/aromatic N) is 2. The quantitative estimate of drug-likeness (QED) is 0.283. The van der Waals surface area contributed by atoms with Crippen LogP contribution < -0.4 is 19.7 Å². The van der Waals surface area contributed by atoms with Gasteiger partial charge in [-0.2, -0.15) is 0 Å². The number of piperazine rings is 1. The van der Waals surface area contributed by atoms with Gasteiger partial charge in [0.05, 0.1) is 26.4 Å². The molecule has 0 radical (unpaired) electrons. The lowest BCUT2D eigenvalue weighted by Gasteiger charge is -2.36. The molecule has 9 heteroatoms. The van der Waals surface area contributed by atoms with Gasteiger partial charge in [-0.1, -0.05) is 36.4 Å². The number of carbonyl (C=O) groups excluding carboxylic acids is 2. The lowest BCUT2D eigenvalue weighted by atomic mass is 10.2. The molecule has 1 fully saturated rings. The molecule has 1 saturated heterocycles. The number of rotatable bonds is 15. The summed E-state index contributed by atoms with van der Waals surface area (Å²) in [6.07, 6.45) is 0. The Bertz CT molecular complexity index is 1210. The first-order valence-electron chi connectivity index (χ1n) is 14.1. The van der Waals surface area contributed by atoms with E-state index in [0.717, 1.165) is 30.1 Å². The highest BCUT2D eigenvalue weighted by molar-refractivity contribution is 5.96. The van der Waals surface area contributed by atoms with Crippen LogP contribution in [-0.2, 0) is 20.9 Å². The zero-order valence-corrected chi connectivity index (χ0v) is 23.6. The monoisotopic (exact) mass is 561 g/mol. The van der Waals surface area contributed by atoms with E-state index in [-0.39, 0.29) is 18.4 Å². The second-order valence-corrected chi connectivity index (χ2v) is 9.50. The molecule has 3 aromatic rings. The maximum absolute atomic E-state index is 12.8. The zero-order valence-electron chi connectivity index (χ0n) is 23.6. The van der Waals surface area contributed by atoms with E-state index in [0.29, 0.717) is 64.0 Å². The van der Waals surface area contributed by atoms with Crippen LogP contribution in [0.3, 0.4) is 0 Å². The minimum absolute atomic E-state index is 0.0506. The van der Waals surface area contributed by atoms with E-state index >= 15 is 0 Å². The minimum Gasteiger partial charge on any atom is -0.491 e. The van der Waals surface area contributed by atoms with Crippen LogP contribution >= 0.6 is 0 Å². The van der Waals surface area contributed by atoms with Gasteiger partial charge in [-0.05, 0) is 55.0 Å². The van der Waals surface area contributed by atoms with Crippen molar-refractivity contribution < 1.29 is 28.5 Å². The Labute approximate surface area is 241 Å². The van der Waals surface area contributed by atoms with Crippen LogP contribution in [0.25, 0.3) is 0 Å². The number of carbonyl (C=O) groups is 2. The molecule has 0 saturated carbocycles. The Kier molecular flexibility index (Phi) is 11.8. The fraction of sp³-hybridized carbons (Fsp3) is 0.375. The van der Waals surface area contributed by atoms with Crippen LogP contribution in [0.4, 0.5) is 5.69 Å². The third-order valence-electron chi connectivity index (χ3n) is 6.65. The Morgan fingerprint density at radius 3 is 2.24 bits per heavy atom. The number of nitrogens with one attached hydrogen (secondary N) is 1. The van der Waals surface area contributed by atoms with E-state index in [4.69, 9.17) is 18.9 Å². The largest absolute Gasteiger partial charge is 0.491 e. The van der Waals surface area contributed by atoms with Gasteiger partial charge in [0.25, 0.3) is 5.91 Å². The highest BCUT2D eigenvalue weighted by atomic mass is 16.5. The van der Waals surface area contributed by atoms with Crippen molar-refractivity contribution in [3.63, 3.8) is 0 Å². The molecule has 218 valence electrons. The molecule has 0 atom stereocenters. The fourth-order valence-corrected chi connectivity index (χ4v) is 4.39. The molecule has 0 aromatic heterocycles. The Morgan fingerprint density at radius 1 is 0.756 bits per heavy atom. The maximum Gasteiger partial charge on any atom is 0.251 e. The number of ether oxygens (including phenoxy) is 4. The van der Waals surface area contributed by atoms with Crippen LogP contribution in [0, 0.1) is 0 Å². The molecule has 0 spiro atoms. The van der Waals surface area contributed by atoms with Gasteiger partial charge in [0, 0.05) is 44.0 Å². The summed E-state index contributed by atoms with van der Waals surface area (Å²) in [7, 11) is 0. The van der Waals surface area contributed by atoms with Crippen LogP contribution in [0.2, 0.25) is 0 Å². The van der Waals surface area contributed by atoms with Crippen molar-refractivity contribution in [3.8, 4) is 11.5 Å². The van der Waals surface area contributed by atoms with Gasteiger partial charge in [0.2, 0.25) is 5.91 Å². The minimum atomic E-state index is -0.315. The summed E-state index contributed by atoms with van der Waals surface area (Å²) >= 11 is 0. The summed E-state index contributed by atoms with van der Waals surface area (Å²) in [6, 6.07) is 25.0. The van der Waals surface area contributed by atoms with E-state index in [9.17, 15) is 9.59 Å². The molecule has 1 aliphatic heterocycles. The standard InChI is InChI=1S/C32H39N3O6/c1-2-38-19-20-39-21-22-40-30-10-6-9-27(23-30)32(37)33-24-31(36)35-17-15-34(16-18-35)28-11-13-29(14-12-28)41-25-26-7-4-3-5-8-26/h3-14,23H,2,15-22,24-25H2,1H3,(H,33,37). The normalized spacial score (nSPS) is 13.1. The topological polar surface area (TPSA) is 89.6 Å². The molecule has 0 unspecified atom stereocenters. The Morgan fingerprint density at radius 2 is 1.49 bits per heavy atom.